The van der Waals surface area contributed by atoms with Crippen LogP contribution in [-0.4, -0.2) is 6.61 Å². The minimum atomic E-state index is -0.248. The molecule has 3 aromatic rings. The van der Waals surface area contributed by atoms with Crippen LogP contribution in [0.2, 0.25) is 0 Å². The van der Waals surface area contributed by atoms with E-state index < -0.39 is 0 Å². The molecule has 2 heterocycles. The van der Waals surface area contributed by atoms with Crippen LogP contribution in [0.4, 0.5) is 0 Å². The van der Waals surface area contributed by atoms with Gasteiger partial charge in [-0.1, -0.05) is 24.3 Å². The van der Waals surface area contributed by atoms with Crippen molar-refractivity contribution in [1.29, 1.82) is 0 Å². The number of benzene rings is 2. The van der Waals surface area contributed by atoms with E-state index in [0.717, 1.165) is 46.6 Å². The van der Waals surface area contributed by atoms with Gasteiger partial charge in [0.1, 0.15) is 17.1 Å². The first-order valence-electron chi connectivity index (χ1n) is 7.22. The van der Waals surface area contributed by atoms with Gasteiger partial charge < -0.3 is 14.9 Å². The highest BCUT2D eigenvalue weighted by atomic mass is 16.5. The average molecular weight is 279 g/mol. The second-order valence-corrected chi connectivity index (χ2v) is 5.59. The maximum atomic E-state index is 6.39. The van der Waals surface area contributed by atoms with Gasteiger partial charge in [0, 0.05) is 11.8 Å². The standard InChI is InChI=1S/C18H17NO2/c1-11-3-2-4-14-10-16(21-18(11)14)17(19)13-5-6-15-12(9-13)7-8-20-15/h2-6,9-10,17H,7-8,19H2,1H3. The number of ether oxygens (including phenoxy) is 1. The Morgan fingerprint density at radius 3 is 2.90 bits per heavy atom. The number of rotatable bonds is 2. The van der Waals surface area contributed by atoms with E-state index in [-0.39, 0.29) is 6.04 Å². The van der Waals surface area contributed by atoms with Gasteiger partial charge in [0.05, 0.1) is 12.6 Å². The van der Waals surface area contributed by atoms with E-state index in [2.05, 4.69) is 12.1 Å². The first kappa shape index (κ1) is 12.5. The van der Waals surface area contributed by atoms with Crippen LogP contribution in [0.5, 0.6) is 5.75 Å². The van der Waals surface area contributed by atoms with Crippen molar-refractivity contribution in [2.45, 2.75) is 19.4 Å². The number of nitrogens with two attached hydrogens (primary N) is 1. The van der Waals surface area contributed by atoms with Crippen LogP contribution < -0.4 is 10.5 Å². The van der Waals surface area contributed by atoms with Crippen molar-refractivity contribution < 1.29 is 9.15 Å². The van der Waals surface area contributed by atoms with Gasteiger partial charge in [-0.25, -0.2) is 0 Å². The van der Waals surface area contributed by atoms with E-state index in [1.54, 1.807) is 0 Å². The molecule has 1 atom stereocenters. The molecule has 1 unspecified atom stereocenters. The summed E-state index contributed by atoms with van der Waals surface area (Å²) >= 11 is 0. The monoisotopic (exact) mass is 279 g/mol. The summed E-state index contributed by atoms with van der Waals surface area (Å²) in [7, 11) is 0. The average Bonchev–Trinajstić information content (AvgIpc) is 3.12. The molecule has 1 aliphatic heterocycles. The third-order valence-corrected chi connectivity index (χ3v) is 4.14. The molecule has 0 radical (unpaired) electrons. The number of fused-ring (bicyclic) bond motifs is 2. The summed E-state index contributed by atoms with van der Waals surface area (Å²) in [5, 5.41) is 1.10. The number of para-hydroxylation sites is 1. The molecular weight excluding hydrogens is 262 g/mol. The molecule has 0 saturated heterocycles. The fourth-order valence-corrected chi connectivity index (χ4v) is 2.95. The summed E-state index contributed by atoms with van der Waals surface area (Å²) in [5.74, 6) is 1.78. The molecule has 3 nitrogen and oxygen atoms in total. The summed E-state index contributed by atoms with van der Waals surface area (Å²) in [6.45, 7) is 2.81. The Labute approximate surface area is 123 Å². The third kappa shape index (κ3) is 2.01. The lowest BCUT2D eigenvalue weighted by Crippen LogP contribution is -2.10. The quantitative estimate of drug-likeness (QED) is 0.777. The zero-order chi connectivity index (χ0) is 14.4. The van der Waals surface area contributed by atoms with Crippen molar-refractivity contribution in [2.24, 2.45) is 5.73 Å². The molecule has 0 aliphatic carbocycles. The van der Waals surface area contributed by atoms with Gasteiger partial charge in [-0.15, -0.1) is 0 Å². The first-order valence-corrected chi connectivity index (χ1v) is 7.22. The molecule has 1 aliphatic rings. The van der Waals surface area contributed by atoms with E-state index in [9.17, 15) is 0 Å². The fraction of sp³-hybridized carbons (Fsp3) is 0.222. The zero-order valence-corrected chi connectivity index (χ0v) is 11.9. The van der Waals surface area contributed by atoms with E-state index >= 15 is 0 Å². The van der Waals surface area contributed by atoms with Crippen molar-refractivity contribution >= 4 is 11.0 Å². The van der Waals surface area contributed by atoms with E-state index in [0.29, 0.717) is 0 Å². The normalized spacial score (nSPS) is 15.0. The highest BCUT2D eigenvalue weighted by Gasteiger charge is 2.18. The molecule has 0 fully saturated rings. The summed E-state index contributed by atoms with van der Waals surface area (Å²) in [6, 6.07) is 14.1. The van der Waals surface area contributed by atoms with Crippen LogP contribution in [-0.2, 0) is 6.42 Å². The topological polar surface area (TPSA) is 48.4 Å². The number of furan rings is 1. The first-order chi connectivity index (χ1) is 10.2. The molecule has 4 rings (SSSR count). The number of aryl methyl sites for hydroxylation is 1. The third-order valence-electron chi connectivity index (χ3n) is 4.14. The largest absolute Gasteiger partial charge is 0.493 e. The molecule has 3 heteroatoms. The highest BCUT2D eigenvalue weighted by molar-refractivity contribution is 5.81. The van der Waals surface area contributed by atoms with Crippen LogP contribution in [0, 0.1) is 6.92 Å². The smallest absolute Gasteiger partial charge is 0.137 e. The Balaban J connectivity index is 1.75. The summed E-state index contributed by atoms with van der Waals surface area (Å²) in [6.07, 6.45) is 0.954. The molecule has 0 bridgehead atoms. The van der Waals surface area contributed by atoms with E-state index in [1.165, 1.54) is 5.56 Å². The SMILES string of the molecule is Cc1cccc2cc(C(N)c3ccc4c(c3)CCO4)oc12. The van der Waals surface area contributed by atoms with Crippen molar-refractivity contribution in [3.63, 3.8) is 0 Å². The van der Waals surface area contributed by atoms with Gasteiger partial charge >= 0.3 is 0 Å². The predicted molar refractivity (Wildman–Crippen MR) is 82.6 cm³/mol. The number of hydrogen-bond acceptors (Lipinski definition) is 3. The molecule has 2 N–H and O–H groups in total. The maximum Gasteiger partial charge on any atom is 0.137 e. The maximum absolute atomic E-state index is 6.39. The van der Waals surface area contributed by atoms with Crippen LogP contribution in [0.3, 0.4) is 0 Å². The Morgan fingerprint density at radius 2 is 2.05 bits per heavy atom. The van der Waals surface area contributed by atoms with Crippen LogP contribution in [0.1, 0.15) is 28.5 Å². The van der Waals surface area contributed by atoms with Crippen LogP contribution in [0.25, 0.3) is 11.0 Å². The van der Waals surface area contributed by atoms with Gasteiger partial charge in [-0.3, -0.25) is 0 Å². The lowest BCUT2D eigenvalue weighted by Gasteiger charge is -2.10. The Kier molecular flexibility index (Phi) is 2.76. The van der Waals surface area contributed by atoms with Gasteiger partial charge in [0.15, 0.2) is 0 Å². The summed E-state index contributed by atoms with van der Waals surface area (Å²) < 4.78 is 11.5. The zero-order valence-electron chi connectivity index (χ0n) is 11.9. The van der Waals surface area contributed by atoms with Gasteiger partial charge in [0.2, 0.25) is 0 Å². The molecule has 0 amide bonds. The van der Waals surface area contributed by atoms with E-state index in [4.69, 9.17) is 14.9 Å². The van der Waals surface area contributed by atoms with E-state index in [1.807, 2.05) is 37.3 Å². The van der Waals surface area contributed by atoms with Gasteiger partial charge in [-0.2, -0.15) is 0 Å². The number of hydrogen-bond donors (Lipinski definition) is 1. The van der Waals surface area contributed by atoms with Crippen molar-refractivity contribution in [1.82, 2.24) is 0 Å². The fourth-order valence-electron chi connectivity index (χ4n) is 2.95. The predicted octanol–water partition coefficient (Wildman–Crippen LogP) is 3.72. The Morgan fingerprint density at radius 1 is 1.14 bits per heavy atom. The molecule has 106 valence electrons. The van der Waals surface area contributed by atoms with Crippen LogP contribution in [0.15, 0.2) is 46.9 Å². The molecule has 0 saturated carbocycles. The minimum absolute atomic E-state index is 0.248. The minimum Gasteiger partial charge on any atom is -0.493 e. The van der Waals surface area contributed by atoms with Crippen molar-refractivity contribution in [2.75, 3.05) is 6.61 Å². The molecule has 0 spiro atoms. The summed E-state index contributed by atoms with van der Waals surface area (Å²) in [4.78, 5) is 0. The summed E-state index contributed by atoms with van der Waals surface area (Å²) in [5.41, 5.74) is 10.7. The Hall–Kier alpha value is -2.26. The Bertz CT molecular complexity index is 819. The lowest BCUT2D eigenvalue weighted by molar-refractivity contribution is 0.357. The molecule has 2 aromatic carbocycles. The second kappa shape index (κ2) is 4.64. The highest BCUT2D eigenvalue weighted by Crippen LogP contribution is 2.32. The van der Waals surface area contributed by atoms with Gasteiger partial charge in [-0.05, 0) is 41.8 Å². The van der Waals surface area contributed by atoms with Crippen LogP contribution >= 0.6 is 0 Å². The molecule has 1 aromatic heterocycles. The second-order valence-electron chi connectivity index (χ2n) is 5.59. The molecular formula is C18H17NO2. The van der Waals surface area contributed by atoms with Crippen molar-refractivity contribution in [3.05, 3.63) is 64.9 Å². The van der Waals surface area contributed by atoms with Crippen molar-refractivity contribution in [3.8, 4) is 5.75 Å². The lowest BCUT2D eigenvalue weighted by atomic mass is 10.0. The van der Waals surface area contributed by atoms with Gasteiger partial charge in [0.25, 0.3) is 0 Å². The molecule has 21 heavy (non-hydrogen) atoms.